The normalized spacial score (nSPS) is 11.6. The van der Waals surface area contributed by atoms with Crippen LogP contribution in [0.25, 0.3) is 0 Å². The van der Waals surface area contributed by atoms with Crippen molar-refractivity contribution in [2.24, 2.45) is 0 Å². The lowest BCUT2D eigenvalue weighted by Gasteiger charge is -2.16. The Morgan fingerprint density at radius 1 is 1.13 bits per heavy atom. The molecule has 0 N–H and O–H groups in total. The highest BCUT2D eigenvalue weighted by Crippen LogP contribution is 2.32. The number of benzene rings is 1. The second-order valence-electron chi connectivity index (χ2n) is 3.63. The fraction of sp³-hybridized carbons (Fsp3) is 0.455. The Balaban J connectivity index is 3.23. The fourth-order valence-corrected chi connectivity index (χ4v) is 1.30. The lowest BCUT2D eigenvalue weighted by atomic mass is 10.1. The van der Waals surface area contributed by atoms with E-state index in [0.717, 1.165) is 0 Å². The SMILES string of the molecule is CCc1cc(N(C)C)cc(C(F)(F)F)c1. The summed E-state index contributed by atoms with van der Waals surface area (Å²) in [6, 6.07) is 4.14. The van der Waals surface area contributed by atoms with E-state index in [1.807, 2.05) is 6.92 Å². The largest absolute Gasteiger partial charge is 0.416 e. The van der Waals surface area contributed by atoms with Gasteiger partial charge in [0.1, 0.15) is 0 Å². The van der Waals surface area contributed by atoms with Crippen molar-refractivity contribution in [3.8, 4) is 0 Å². The Kier molecular flexibility index (Phi) is 3.27. The highest BCUT2D eigenvalue weighted by Gasteiger charge is 2.31. The van der Waals surface area contributed by atoms with Crippen molar-refractivity contribution >= 4 is 5.69 Å². The molecule has 0 saturated heterocycles. The Labute approximate surface area is 87.5 Å². The summed E-state index contributed by atoms with van der Waals surface area (Å²) in [5.74, 6) is 0. The van der Waals surface area contributed by atoms with Gasteiger partial charge in [-0.1, -0.05) is 6.92 Å². The van der Waals surface area contributed by atoms with Gasteiger partial charge in [0.2, 0.25) is 0 Å². The van der Waals surface area contributed by atoms with E-state index in [9.17, 15) is 13.2 Å². The molecule has 0 aromatic heterocycles. The van der Waals surface area contributed by atoms with Crippen LogP contribution in [0.4, 0.5) is 18.9 Å². The predicted molar refractivity (Wildman–Crippen MR) is 55.1 cm³/mol. The van der Waals surface area contributed by atoms with Crippen molar-refractivity contribution < 1.29 is 13.2 Å². The molecule has 0 aliphatic rings. The van der Waals surface area contributed by atoms with Crippen LogP contribution in [0.3, 0.4) is 0 Å². The molecule has 1 aromatic rings. The second kappa shape index (κ2) is 4.13. The molecule has 84 valence electrons. The highest BCUT2D eigenvalue weighted by atomic mass is 19.4. The number of hydrogen-bond acceptors (Lipinski definition) is 1. The molecule has 0 unspecified atom stereocenters. The van der Waals surface area contributed by atoms with Gasteiger partial charge < -0.3 is 4.90 Å². The summed E-state index contributed by atoms with van der Waals surface area (Å²) in [5.41, 5.74) is 0.709. The summed E-state index contributed by atoms with van der Waals surface area (Å²) in [6.07, 6.45) is -3.67. The molecule has 0 radical (unpaired) electrons. The standard InChI is InChI=1S/C11H14F3N/c1-4-8-5-9(11(12,13)14)7-10(6-8)15(2)3/h5-7H,4H2,1-3H3. The van der Waals surface area contributed by atoms with Crippen molar-refractivity contribution in [3.05, 3.63) is 29.3 Å². The zero-order valence-corrected chi connectivity index (χ0v) is 9.02. The van der Waals surface area contributed by atoms with E-state index in [4.69, 9.17) is 0 Å². The van der Waals surface area contributed by atoms with Crippen LogP contribution < -0.4 is 4.90 Å². The molecule has 0 heterocycles. The maximum absolute atomic E-state index is 12.5. The van der Waals surface area contributed by atoms with Crippen LogP contribution in [-0.4, -0.2) is 14.1 Å². The van der Waals surface area contributed by atoms with Gasteiger partial charge in [-0.05, 0) is 30.2 Å². The third-order valence-corrected chi connectivity index (χ3v) is 2.23. The van der Waals surface area contributed by atoms with Crippen LogP contribution in [0.2, 0.25) is 0 Å². The van der Waals surface area contributed by atoms with Crippen molar-refractivity contribution in [3.63, 3.8) is 0 Å². The molecule has 15 heavy (non-hydrogen) atoms. The molecule has 1 aromatic carbocycles. The van der Waals surface area contributed by atoms with E-state index in [1.165, 1.54) is 12.1 Å². The molecule has 0 atom stereocenters. The molecule has 0 saturated carbocycles. The summed E-state index contributed by atoms with van der Waals surface area (Å²) in [5, 5.41) is 0. The molecular weight excluding hydrogens is 203 g/mol. The summed E-state index contributed by atoms with van der Waals surface area (Å²) in [6.45, 7) is 1.84. The third kappa shape index (κ3) is 2.88. The highest BCUT2D eigenvalue weighted by molar-refractivity contribution is 5.50. The van der Waals surface area contributed by atoms with Crippen LogP contribution in [0.15, 0.2) is 18.2 Å². The van der Waals surface area contributed by atoms with Gasteiger partial charge in [0.05, 0.1) is 5.56 Å². The summed E-state index contributed by atoms with van der Waals surface area (Å²) < 4.78 is 37.6. The zero-order chi connectivity index (χ0) is 11.6. The van der Waals surface area contributed by atoms with E-state index in [-0.39, 0.29) is 0 Å². The minimum absolute atomic E-state index is 0.578. The van der Waals surface area contributed by atoms with Gasteiger partial charge in [-0.15, -0.1) is 0 Å². The second-order valence-corrected chi connectivity index (χ2v) is 3.63. The first-order valence-electron chi connectivity index (χ1n) is 4.73. The summed E-state index contributed by atoms with van der Waals surface area (Å²) in [4.78, 5) is 1.68. The van der Waals surface area contributed by atoms with Gasteiger partial charge in [0.25, 0.3) is 0 Å². The molecule has 0 aliphatic carbocycles. The monoisotopic (exact) mass is 217 g/mol. The molecule has 1 nitrogen and oxygen atoms in total. The molecule has 0 spiro atoms. The molecule has 1 rings (SSSR count). The minimum atomic E-state index is -4.27. The van der Waals surface area contributed by atoms with Gasteiger partial charge in [-0.2, -0.15) is 13.2 Å². The van der Waals surface area contributed by atoms with Gasteiger partial charge in [0.15, 0.2) is 0 Å². The molecular formula is C11H14F3N. The Morgan fingerprint density at radius 2 is 1.73 bits per heavy atom. The Hall–Kier alpha value is -1.19. The Morgan fingerprint density at radius 3 is 2.13 bits per heavy atom. The predicted octanol–water partition coefficient (Wildman–Crippen LogP) is 3.33. The minimum Gasteiger partial charge on any atom is -0.378 e. The van der Waals surface area contributed by atoms with Crippen LogP contribution in [0.5, 0.6) is 0 Å². The summed E-state index contributed by atoms with van der Waals surface area (Å²) in [7, 11) is 3.46. The van der Waals surface area contributed by atoms with Gasteiger partial charge in [-0.25, -0.2) is 0 Å². The molecule has 0 fully saturated rings. The number of hydrogen-bond donors (Lipinski definition) is 0. The number of rotatable bonds is 2. The fourth-order valence-electron chi connectivity index (χ4n) is 1.30. The maximum Gasteiger partial charge on any atom is 0.416 e. The number of aryl methyl sites for hydroxylation is 1. The lowest BCUT2D eigenvalue weighted by Crippen LogP contribution is -2.12. The van der Waals surface area contributed by atoms with Crippen LogP contribution in [0, 0.1) is 0 Å². The van der Waals surface area contributed by atoms with E-state index in [0.29, 0.717) is 17.7 Å². The quantitative estimate of drug-likeness (QED) is 0.734. The first-order chi connectivity index (χ1) is 6.84. The van der Waals surface area contributed by atoms with E-state index >= 15 is 0 Å². The molecule has 0 aliphatic heterocycles. The number of halogens is 3. The topological polar surface area (TPSA) is 3.24 Å². The third-order valence-electron chi connectivity index (χ3n) is 2.23. The van der Waals surface area contributed by atoms with Crippen molar-refractivity contribution in [2.45, 2.75) is 19.5 Å². The average molecular weight is 217 g/mol. The van der Waals surface area contributed by atoms with Crippen molar-refractivity contribution in [1.29, 1.82) is 0 Å². The van der Waals surface area contributed by atoms with Gasteiger partial charge in [0, 0.05) is 19.8 Å². The van der Waals surface area contributed by atoms with Crippen LogP contribution >= 0.6 is 0 Å². The summed E-state index contributed by atoms with van der Waals surface area (Å²) >= 11 is 0. The first-order valence-corrected chi connectivity index (χ1v) is 4.73. The Bertz CT molecular complexity index is 342. The maximum atomic E-state index is 12.5. The van der Waals surface area contributed by atoms with Crippen LogP contribution in [-0.2, 0) is 12.6 Å². The van der Waals surface area contributed by atoms with E-state index in [1.54, 1.807) is 25.1 Å². The molecule has 0 amide bonds. The first kappa shape index (κ1) is 11.9. The van der Waals surface area contributed by atoms with Crippen molar-refractivity contribution in [1.82, 2.24) is 0 Å². The number of anilines is 1. The van der Waals surface area contributed by atoms with E-state index < -0.39 is 11.7 Å². The molecule has 4 heteroatoms. The molecule has 0 bridgehead atoms. The van der Waals surface area contributed by atoms with E-state index in [2.05, 4.69) is 0 Å². The zero-order valence-electron chi connectivity index (χ0n) is 9.02. The van der Waals surface area contributed by atoms with Gasteiger partial charge >= 0.3 is 6.18 Å². The van der Waals surface area contributed by atoms with Crippen LogP contribution in [0.1, 0.15) is 18.1 Å². The number of nitrogens with zero attached hydrogens (tertiary/aromatic N) is 1. The lowest BCUT2D eigenvalue weighted by molar-refractivity contribution is -0.137. The average Bonchev–Trinajstić information content (AvgIpc) is 2.15. The number of alkyl halides is 3. The smallest absolute Gasteiger partial charge is 0.378 e. The van der Waals surface area contributed by atoms with Crippen molar-refractivity contribution in [2.75, 3.05) is 19.0 Å². The van der Waals surface area contributed by atoms with Gasteiger partial charge in [-0.3, -0.25) is 0 Å².